The zero-order valence-corrected chi connectivity index (χ0v) is 13.0. The SMILES string of the molecule is COC1CC(NC(C)c2nc(C)sc2C)C1(C)C. The van der Waals surface area contributed by atoms with Crippen molar-refractivity contribution in [3.8, 4) is 0 Å². The molecule has 1 saturated carbocycles. The van der Waals surface area contributed by atoms with Crippen LogP contribution in [-0.2, 0) is 4.74 Å². The molecule has 1 heterocycles. The molecular weight excluding hydrogens is 244 g/mol. The molecule has 0 spiro atoms. The Morgan fingerprint density at radius 1 is 1.44 bits per heavy atom. The topological polar surface area (TPSA) is 34.1 Å². The molecule has 18 heavy (non-hydrogen) atoms. The van der Waals surface area contributed by atoms with Gasteiger partial charge in [-0.3, -0.25) is 0 Å². The molecule has 3 atom stereocenters. The number of rotatable bonds is 4. The third-order valence-electron chi connectivity index (χ3n) is 4.26. The summed E-state index contributed by atoms with van der Waals surface area (Å²) in [5.74, 6) is 0. The van der Waals surface area contributed by atoms with Crippen molar-refractivity contribution >= 4 is 11.3 Å². The highest BCUT2D eigenvalue weighted by atomic mass is 32.1. The van der Waals surface area contributed by atoms with E-state index in [-0.39, 0.29) is 5.41 Å². The van der Waals surface area contributed by atoms with Gasteiger partial charge in [0.25, 0.3) is 0 Å². The zero-order valence-electron chi connectivity index (χ0n) is 12.2. The lowest BCUT2D eigenvalue weighted by atomic mass is 9.64. The Balaban J connectivity index is 2.01. The number of hydrogen-bond donors (Lipinski definition) is 1. The molecule has 1 aliphatic rings. The Kier molecular flexibility index (Phi) is 3.81. The molecule has 3 nitrogen and oxygen atoms in total. The van der Waals surface area contributed by atoms with Gasteiger partial charge in [0.2, 0.25) is 0 Å². The van der Waals surface area contributed by atoms with Crippen LogP contribution in [0.1, 0.15) is 48.8 Å². The minimum atomic E-state index is 0.210. The van der Waals surface area contributed by atoms with Crippen LogP contribution in [0.2, 0.25) is 0 Å². The molecule has 102 valence electrons. The van der Waals surface area contributed by atoms with E-state index < -0.39 is 0 Å². The van der Waals surface area contributed by atoms with Crippen LogP contribution in [0.5, 0.6) is 0 Å². The van der Waals surface area contributed by atoms with E-state index in [9.17, 15) is 0 Å². The molecular formula is C14H24N2OS. The molecule has 1 aromatic heterocycles. The first-order valence-electron chi connectivity index (χ1n) is 6.59. The fourth-order valence-corrected chi connectivity index (χ4v) is 3.81. The van der Waals surface area contributed by atoms with Gasteiger partial charge in [-0.2, -0.15) is 0 Å². The molecule has 0 radical (unpaired) electrons. The fraction of sp³-hybridized carbons (Fsp3) is 0.786. The zero-order chi connectivity index (χ0) is 13.5. The van der Waals surface area contributed by atoms with Gasteiger partial charge in [-0.15, -0.1) is 11.3 Å². The molecule has 1 aromatic rings. The Hall–Kier alpha value is -0.450. The van der Waals surface area contributed by atoms with E-state index in [1.54, 1.807) is 18.4 Å². The van der Waals surface area contributed by atoms with Crippen molar-refractivity contribution in [1.82, 2.24) is 10.3 Å². The summed E-state index contributed by atoms with van der Waals surface area (Å²) >= 11 is 1.78. The van der Waals surface area contributed by atoms with Crippen LogP contribution in [0.4, 0.5) is 0 Å². The summed E-state index contributed by atoms with van der Waals surface area (Å²) in [5, 5.41) is 4.86. The second-order valence-corrected chi connectivity index (χ2v) is 7.30. The van der Waals surface area contributed by atoms with Gasteiger partial charge in [-0.25, -0.2) is 4.98 Å². The van der Waals surface area contributed by atoms with Crippen LogP contribution >= 0.6 is 11.3 Å². The fourth-order valence-electron chi connectivity index (χ4n) is 2.90. The monoisotopic (exact) mass is 268 g/mol. The Labute approximate surface area is 114 Å². The van der Waals surface area contributed by atoms with E-state index in [1.165, 1.54) is 10.6 Å². The first-order chi connectivity index (χ1) is 8.36. The molecule has 1 N–H and O–H groups in total. The second kappa shape index (κ2) is 4.91. The van der Waals surface area contributed by atoms with Gasteiger partial charge in [-0.1, -0.05) is 13.8 Å². The summed E-state index contributed by atoms with van der Waals surface area (Å²) in [6.07, 6.45) is 1.47. The molecule has 2 rings (SSSR count). The lowest BCUT2D eigenvalue weighted by Crippen LogP contribution is -2.61. The van der Waals surface area contributed by atoms with Gasteiger partial charge in [0.05, 0.1) is 16.8 Å². The van der Waals surface area contributed by atoms with Crippen molar-refractivity contribution in [1.29, 1.82) is 0 Å². The van der Waals surface area contributed by atoms with Crippen molar-refractivity contribution in [3.05, 3.63) is 15.6 Å². The van der Waals surface area contributed by atoms with Crippen LogP contribution in [0.3, 0.4) is 0 Å². The third-order valence-corrected chi connectivity index (χ3v) is 5.17. The quantitative estimate of drug-likeness (QED) is 0.910. The van der Waals surface area contributed by atoms with Crippen molar-refractivity contribution < 1.29 is 4.74 Å². The summed E-state index contributed by atoms with van der Waals surface area (Å²) in [5.41, 5.74) is 1.41. The van der Waals surface area contributed by atoms with Crippen molar-refractivity contribution in [3.63, 3.8) is 0 Å². The maximum absolute atomic E-state index is 5.49. The summed E-state index contributed by atoms with van der Waals surface area (Å²) in [6, 6.07) is 0.830. The van der Waals surface area contributed by atoms with E-state index in [4.69, 9.17) is 4.74 Å². The number of nitrogens with one attached hydrogen (secondary N) is 1. The van der Waals surface area contributed by atoms with E-state index in [2.05, 4.69) is 44.9 Å². The highest BCUT2D eigenvalue weighted by Gasteiger charge is 2.48. The molecule has 0 bridgehead atoms. The van der Waals surface area contributed by atoms with Crippen LogP contribution in [0.15, 0.2) is 0 Å². The van der Waals surface area contributed by atoms with E-state index in [1.807, 2.05) is 0 Å². The van der Waals surface area contributed by atoms with Crippen molar-refractivity contribution in [2.75, 3.05) is 7.11 Å². The Bertz CT molecular complexity index is 427. The predicted molar refractivity (Wildman–Crippen MR) is 76.1 cm³/mol. The average molecular weight is 268 g/mol. The maximum atomic E-state index is 5.49. The van der Waals surface area contributed by atoms with Crippen LogP contribution in [0, 0.1) is 19.3 Å². The number of aromatic nitrogens is 1. The number of aryl methyl sites for hydroxylation is 2. The molecule has 1 fully saturated rings. The van der Waals surface area contributed by atoms with Crippen LogP contribution in [0.25, 0.3) is 0 Å². The molecule has 1 aliphatic carbocycles. The summed E-state index contributed by atoms with van der Waals surface area (Å²) in [7, 11) is 1.81. The van der Waals surface area contributed by atoms with E-state index >= 15 is 0 Å². The summed E-state index contributed by atoms with van der Waals surface area (Å²) in [4.78, 5) is 5.96. The van der Waals surface area contributed by atoms with E-state index in [0.717, 1.165) is 11.4 Å². The van der Waals surface area contributed by atoms with Crippen LogP contribution < -0.4 is 5.32 Å². The third kappa shape index (κ3) is 2.33. The number of ether oxygens (including phenoxy) is 1. The van der Waals surface area contributed by atoms with Gasteiger partial charge in [0.1, 0.15) is 0 Å². The molecule has 0 amide bonds. The summed E-state index contributed by atoms with van der Waals surface area (Å²) < 4.78 is 5.49. The van der Waals surface area contributed by atoms with Gasteiger partial charge in [0, 0.05) is 29.5 Å². The molecule has 0 aliphatic heterocycles. The van der Waals surface area contributed by atoms with Crippen molar-refractivity contribution in [2.45, 2.75) is 59.2 Å². The molecule has 4 heteroatoms. The first kappa shape index (κ1) is 14.0. The smallest absolute Gasteiger partial charge is 0.0900 e. The van der Waals surface area contributed by atoms with Gasteiger partial charge in [-0.05, 0) is 27.2 Å². The van der Waals surface area contributed by atoms with Crippen LogP contribution in [-0.4, -0.2) is 24.2 Å². The molecule has 0 saturated heterocycles. The Morgan fingerprint density at radius 3 is 2.56 bits per heavy atom. The second-order valence-electron chi connectivity index (χ2n) is 5.90. The van der Waals surface area contributed by atoms with Gasteiger partial charge >= 0.3 is 0 Å². The van der Waals surface area contributed by atoms with Crippen molar-refractivity contribution in [2.24, 2.45) is 5.41 Å². The van der Waals surface area contributed by atoms with Gasteiger partial charge in [0.15, 0.2) is 0 Å². The lowest BCUT2D eigenvalue weighted by Gasteiger charge is -2.52. The standard InChI is InChI=1S/C14H24N2OS/c1-8(13-9(2)18-10(3)16-13)15-11-7-12(17-6)14(11,4)5/h8,11-12,15H,7H2,1-6H3. The minimum Gasteiger partial charge on any atom is -0.381 e. The van der Waals surface area contributed by atoms with Gasteiger partial charge < -0.3 is 10.1 Å². The number of nitrogens with zero attached hydrogens (tertiary/aromatic N) is 1. The Morgan fingerprint density at radius 2 is 2.11 bits per heavy atom. The number of hydrogen-bond acceptors (Lipinski definition) is 4. The number of thiazole rings is 1. The highest BCUT2D eigenvalue weighted by Crippen LogP contribution is 2.43. The lowest BCUT2D eigenvalue weighted by molar-refractivity contribution is -0.1000. The first-order valence-corrected chi connectivity index (χ1v) is 7.40. The predicted octanol–water partition coefficient (Wildman–Crippen LogP) is 3.22. The van der Waals surface area contributed by atoms with E-state index in [0.29, 0.717) is 18.2 Å². The molecule has 0 aromatic carbocycles. The summed E-state index contributed by atoms with van der Waals surface area (Å²) in [6.45, 7) is 11.0. The average Bonchev–Trinajstić information content (AvgIpc) is 2.63. The maximum Gasteiger partial charge on any atom is 0.0900 e. The largest absolute Gasteiger partial charge is 0.381 e. The minimum absolute atomic E-state index is 0.210. The highest BCUT2D eigenvalue weighted by molar-refractivity contribution is 7.11. The molecule has 3 unspecified atom stereocenters. The number of methoxy groups -OCH3 is 1. The normalized spacial score (nSPS) is 27.9.